The maximum absolute atomic E-state index is 12.5. The first-order valence-corrected chi connectivity index (χ1v) is 7.34. The van der Waals surface area contributed by atoms with Gasteiger partial charge in [-0.1, -0.05) is 18.2 Å². The van der Waals surface area contributed by atoms with Crippen molar-refractivity contribution in [2.24, 2.45) is 0 Å². The summed E-state index contributed by atoms with van der Waals surface area (Å²) in [6.07, 6.45) is 4.27. The summed E-state index contributed by atoms with van der Waals surface area (Å²) in [5.41, 5.74) is 8.63. The second-order valence-corrected chi connectivity index (χ2v) is 5.57. The Labute approximate surface area is 124 Å². The zero-order chi connectivity index (χ0) is 14.7. The van der Waals surface area contributed by atoms with Gasteiger partial charge in [0.1, 0.15) is 0 Å². The Morgan fingerprint density at radius 3 is 3.00 bits per heavy atom. The molecule has 3 rings (SSSR count). The molecule has 1 atom stereocenters. The minimum absolute atomic E-state index is 0.150. The number of piperidine rings is 1. The molecule has 5 heteroatoms. The van der Waals surface area contributed by atoms with E-state index in [1.54, 1.807) is 6.20 Å². The molecule has 0 bridgehead atoms. The van der Waals surface area contributed by atoms with Gasteiger partial charge in [0.25, 0.3) is 0 Å². The van der Waals surface area contributed by atoms with Crippen LogP contribution in [0.25, 0.3) is 0 Å². The number of anilines is 1. The van der Waals surface area contributed by atoms with Crippen LogP contribution in [0.15, 0.2) is 36.5 Å². The highest BCUT2D eigenvalue weighted by Crippen LogP contribution is 2.26. The number of aromatic amines is 1. The van der Waals surface area contributed by atoms with E-state index in [2.05, 4.69) is 10.2 Å². The Hall–Kier alpha value is -2.30. The van der Waals surface area contributed by atoms with Crippen molar-refractivity contribution >= 4 is 11.6 Å². The average molecular weight is 284 g/mol. The van der Waals surface area contributed by atoms with Gasteiger partial charge in [-0.2, -0.15) is 5.10 Å². The third-order valence-electron chi connectivity index (χ3n) is 4.13. The molecule has 1 amide bonds. The summed E-state index contributed by atoms with van der Waals surface area (Å²) in [6.45, 7) is 1.59. The molecule has 3 N–H and O–H groups in total. The fraction of sp³-hybridized carbons (Fsp3) is 0.375. The summed E-state index contributed by atoms with van der Waals surface area (Å²) in [7, 11) is 0. The summed E-state index contributed by atoms with van der Waals surface area (Å²) in [4.78, 5) is 14.4. The molecule has 1 aromatic heterocycles. The maximum atomic E-state index is 12.5. The van der Waals surface area contributed by atoms with Gasteiger partial charge in [-0.3, -0.25) is 9.89 Å². The average Bonchev–Trinajstić information content (AvgIpc) is 3.04. The van der Waals surface area contributed by atoms with Crippen molar-refractivity contribution in [1.82, 2.24) is 15.1 Å². The van der Waals surface area contributed by atoms with Crippen LogP contribution < -0.4 is 5.73 Å². The quantitative estimate of drug-likeness (QED) is 0.846. The fourth-order valence-corrected chi connectivity index (χ4v) is 2.92. The SMILES string of the molecule is Nc1ccccc1CC(=O)N1CCCC(c2ccn[nH]2)C1. The number of para-hydroxylation sites is 1. The van der Waals surface area contributed by atoms with Gasteiger partial charge in [0.15, 0.2) is 0 Å². The standard InChI is InChI=1S/C16H20N4O/c17-14-6-2-1-4-12(14)10-16(21)20-9-3-5-13(11-20)15-7-8-18-19-15/h1-2,4,6-8,13H,3,5,9-11,17H2,(H,18,19). The van der Waals surface area contributed by atoms with Crippen molar-refractivity contribution < 1.29 is 4.79 Å². The number of carbonyl (C=O) groups excluding carboxylic acids is 1. The smallest absolute Gasteiger partial charge is 0.227 e. The molecule has 0 spiro atoms. The van der Waals surface area contributed by atoms with Crippen LogP contribution in [0.4, 0.5) is 5.69 Å². The van der Waals surface area contributed by atoms with E-state index in [-0.39, 0.29) is 5.91 Å². The van der Waals surface area contributed by atoms with Gasteiger partial charge < -0.3 is 10.6 Å². The molecular weight excluding hydrogens is 264 g/mol. The Morgan fingerprint density at radius 2 is 2.24 bits per heavy atom. The number of H-pyrrole nitrogens is 1. The van der Waals surface area contributed by atoms with E-state index in [1.807, 2.05) is 35.2 Å². The number of rotatable bonds is 3. The van der Waals surface area contributed by atoms with Crippen LogP contribution in [0.5, 0.6) is 0 Å². The second-order valence-electron chi connectivity index (χ2n) is 5.57. The van der Waals surface area contributed by atoms with E-state index >= 15 is 0 Å². The van der Waals surface area contributed by atoms with E-state index < -0.39 is 0 Å². The van der Waals surface area contributed by atoms with Gasteiger partial charge in [-0.15, -0.1) is 0 Å². The van der Waals surface area contributed by atoms with Crippen molar-refractivity contribution in [2.45, 2.75) is 25.2 Å². The van der Waals surface area contributed by atoms with Gasteiger partial charge >= 0.3 is 0 Å². The summed E-state index contributed by atoms with van der Waals surface area (Å²) in [6, 6.07) is 9.56. The Kier molecular flexibility index (Phi) is 3.90. The molecule has 0 radical (unpaired) electrons. The fourth-order valence-electron chi connectivity index (χ4n) is 2.92. The van der Waals surface area contributed by atoms with Crippen molar-refractivity contribution in [1.29, 1.82) is 0 Å². The molecule has 1 saturated heterocycles. The van der Waals surface area contributed by atoms with Crippen LogP contribution in [0, 0.1) is 0 Å². The molecule has 2 heterocycles. The second kappa shape index (κ2) is 5.99. The van der Waals surface area contributed by atoms with Crippen LogP contribution in [-0.2, 0) is 11.2 Å². The number of hydrogen-bond donors (Lipinski definition) is 2. The topological polar surface area (TPSA) is 75.0 Å². The predicted molar refractivity (Wildman–Crippen MR) is 81.7 cm³/mol. The molecule has 1 unspecified atom stereocenters. The largest absolute Gasteiger partial charge is 0.398 e. The summed E-state index contributed by atoms with van der Waals surface area (Å²) < 4.78 is 0. The summed E-state index contributed by atoms with van der Waals surface area (Å²) in [5.74, 6) is 0.510. The molecule has 1 aliphatic heterocycles. The number of nitrogens with one attached hydrogen (secondary N) is 1. The number of benzene rings is 1. The Balaban J connectivity index is 1.66. The molecule has 1 aliphatic rings. The molecule has 2 aromatic rings. The molecule has 110 valence electrons. The van der Waals surface area contributed by atoms with E-state index in [9.17, 15) is 4.79 Å². The molecule has 1 fully saturated rings. The number of amides is 1. The van der Waals surface area contributed by atoms with E-state index in [0.717, 1.165) is 37.2 Å². The zero-order valence-corrected chi connectivity index (χ0v) is 12.0. The highest BCUT2D eigenvalue weighted by molar-refractivity contribution is 5.80. The van der Waals surface area contributed by atoms with Gasteiger partial charge in [-0.25, -0.2) is 0 Å². The minimum Gasteiger partial charge on any atom is -0.398 e. The Morgan fingerprint density at radius 1 is 1.38 bits per heavy atom. The van der Waals surface area contributed by atoms with Crippen LogP contribution in [-0.4, -0.2) is 34.1 Å². The van der Waals surface area contributed by atoms with E-state index in [1.165, 1.54) is 0 Å². The van der Waals surface area contributed by atoms with Crippen LogP contribution in [0.1, 0.15) is 30.0 Å². The number of hydrogen-bond acceptors (Lipinski definition) is 3. The highest BCUT2D eigenvalue weighted by atomic mass is 16.2. The first-order valence-electron chi connectivity index (χ1n) is 7.34. The maximum Gasteiger partial charge on any atom is 0.227 e. The van der Waals surface area contributed by atoms with Crippen LogP contribution in [0.2, 0.25) is 0 Å². The van der Waals surface area contributed by atoms with Gasteiger partial charge in [0.05, 0.1) is 6.42 Å². The summed E-state index contributed by atoms with van der Waals surface area (Å²) in [5, 5.41) is 7.02. The number of nitrogens with two attached hydrogens (primary N) is 1. The lowest BCUT2D eigenvalue weighted by atomic mass is 9.94. The van der Waals surface area contributed by atoms with Crippen molar-refractivity contribution in [3.63, 3.8) is 0 Å². The first kappa shape index (κ1) is 13.7. The number of aromatic nitrogens is 2. The third-order valence-corrected chi connectivity index (χ3v) is 4.13. The van der Waals surface area contributed by atoms with Crippen LogP contribution >= 0.6 is 0 Å². The van der Waals surface area contributed by atoms with Gasteiger partial charge in [0.2, 0.25) is 5.91 Å². The lowest BCUT2D eigenvalue weighted by molar-refractivity contribution is -0.131. The third kappa shape index (κ3) is 3.07. The summed E-state index contributed by atoms with van der Waals surface area (Å²) >= 11 is 0. The number of nitrogen functional groups attached to an aromatic ring is 1. The Bertz CT molecular complexity index is 608. The van der Waals surface area contributed by atoms with Crippen molar-refractivity contribution in [3.05, 3.63) is 47.8 Å². The molecular formula is C16H20N4O. The molecule has 5 nitrogen and oxygen atoms in total. The number of likely N-dealkylation sites (tertiary alicyclic amines) is 1. The molecule has 0 aliphatic carbocycles. The zero-order valence-electron chi connectivity index (χ0n) is 12.0. The number of nitrogens with zero attached hydrogens (tertiary/aromatic N) is 2. The van der Waals surface area contributed by atoms with Gasteiger partial charge in [0, 0.05) is 36.6 Å². The van der Waals surface area contributed by atoms with Gasteiger partial charge in [-0.05, 0) is 30.5 Å². The predicted octanol–water partition coefficient (Wildman–Crippen LogP) is 1.94. The molecule has 1 aromatic carbocycles. The number of carbonyl (C=O) groups is 1. The lowest BCUT2D eigenvalue weighted by Crippen LogP contribution is -2.40. The normalized spacial score (nSPS) is 18.7. The first-order chi connectivity index (χ1) is 10.2. The van der Waals surface area contributed by atoms with E-state index in [0.29, 0.717) is 18.0 Å². The molecule has 0 saturated carbocycles. The molecule has 21 heavy (non-hydrogen) atoms. The van der Waals surface area contributed by atoms with E-state index in [4.69, 9.17) is 5.73 Å². The highest BCUT2D eigenvalue weighted by Gasteiger charge is 2.25. The van der Waals surface area contributed by atoms with Crippen molar-refractivity contribution in [3.8, 4) is 0 Å². The lowest BCUT2D eigenvalue weighted by Gasteiger charge is -2.32. The monoisotopic (exact) mass is 284 g/mol. The minimum atomic E-state index is 0.150. The van der Waals surface area contributed by atoms with Crippen LogP contribution in [0.3, 0.4) is 0 Å². The van der Waals surface area contributed by atoms with Crippen molar-refractivity contribution in [2.75, 3.05) is 18.8 Å².